The summed E-state index contributed by atoms with van der Waals surface area (Å²) in [5, 5.41) is 7.66. The Labute approximate surface area is 151 Å². The van der Waals surface area contributed by atoms with E-state index in [1.165, 1.54) is 16.6 Å². The van der Waals surface area contributed by atoms with Crippen LogP contribution in [0, 0.1) is 6.92 Å². The zero-order chi connectivity index (χ0) is 18.1. The quantitative estimate of drug-likeness (QED) is 0.750. The number of aryl methyl sites for hydroxylation is 1. The largest absolute Gasteiger partial charge is 0.420 e. The maximum Gasteiger partial charge on any atom is 0.264 e. The Balaban J connectivity index is 1.49. The van der Waals surface area contributed by atoms with Gasteiger partial charge in [0.25, 0.3) is 5.89 Å². The SMILES string of the molecule is Cc1nnc(-c2cc(S(=O)(=O)N3CCN(c4ccccc4)CC3)c[nH]2)o1. The van der Waals surface area contributed by atoms with E-state index in [4.69, 9.17) is 4.42 Å². The van der Waals surface area contributed by atoms with Crippen LogP contribution in [0.1, 0.15) is 5.89 Å². The van der Waals surface area contributed by atoms with Gasteiger partial charge in [0.1, 0.15) is 10.6 Å². The molecule has 1 aliphatic rings. The predicted molar refractivity (Wildman–Crippen MR) is 96.2 cm³/mol. The average Bonchev–Trinajstić information content (AvgIpc) is 3.32. The van der Waals surface area contributed by atoms with Crippen LogP contribution in [0.4, 0.5) is 5.69 Å². The topological polar surface area (TPSA) is 95.3 Å². The van der Waals surface area contributed by atoms with E-state index in [1.807, 2.05) is 30.3 Å². The molecule has 0 amide bonds. The van der Waals surface area contributed by atoms with E-state index < -0.39 is 10.0 Å². The standard InChI is InChI=1S/C17H19N5O3S/c1-13-19-20-17(25-13)16-11-15(12-18-16)26(23,24)22-9-7-21(8-10-22)14-5-3-2-4-6-14/h2-6,11-12,18H,7-10H2,1H3. The maximum atomic E-state index is 12.9. The van der Waals surface area contributed by atoms with Crippen LogP contribution in [0.5, 0.6) is 0 Å². The lowest BCUT2D eigenvalue weighted by atomic mass is 10.2. The average molecular weight is 373 g/mol. The van der Waals surface area contributed by atoms with Crippen LogP contribution in [-0.4, -0.2) is 54.1 Å². The number of aromatic amines is 1. The van der Waals surface area contributed by atoms with Gasteiger partial charge in [0, 0.05) is 45.0 Å². The molecule has 0 bridgehead atoms. The van der Waals surface area contributed by atoms with Crippen molar-refractivity contribution in [1.82, 2.24) is 19.5 Å². The van der Waals surface area contributed by atoms with Crippen molar-refractivity contribution in [3.8, 4) is 11.6 Å². The number of nitrogens with one attached hydrogen (secondary N) is 1. The van der Waals surface area contributed by atoms with Gasteiger partial charge in [0.15, 0.2) is 0 Å². The molecule has 0 saturated carbocycles. The summed E-state index contributed by atoms with van der Waals surface area (Å²) < 4.78 is 32.6. The fraction of sp³-hybridized carbons (Fsp3) is 0.294. The predicted octanol–water partition coefficient (Wildman–Crippen LogP) is 1.88. The molecule has 0 aliphatic carbocycles. The highest BCUT2D eigenvalue weighted by atomic mass is 32.2. The molecule has 0 atom stereocenters. The van der Waals surface area contributed by atoms with Crippen LogP contribution in [-0.2, 0) is 10.0 Å². The van der Waals surface area contributed by atoms with E-state index in [1.54, 1.807) is 6.92 Å². The first-order chi connectivity index (χ1) is 12.5. The highest BCUT2D eigenvalue weighted by Crippen LogP contribution is 2.24. The van der Waals surface area contributed by atoms with Crippen molar-refractivity contribution in [3.63, 3.8) is 0 Å². The van der Waals surface area contributed by atoms with Gasteiger partial charge in [-0.3, -0.25) is 0 Å². The molecule has 1 N–H and O–H groups in total. The summed E-state index contributed by atoms with van der Waals surface area (Å²) in [6.07, 6.45) is 1.47. The highest BCUT2D eigenvalue weighted by molar-refractivity contribution is 7.89. The number of hydrogen-bond donors (Lipinski definition) is 1. The number of aromatic nitrogens is 3. The molecule has 4 rings (SSSR count). The molecule has 1 aliphatic heterocycles. The Bertz CT molecular complexity index is 988. The molecule has 8 nitrogen and oxygen atoms in total. The van der Waals surface area contributed by atoms with Crippen LogP contribution < -0.4 is 4.90 Å². The first-order valence-electron chi connectivity index (χ1n) is 8.33. The van der Waals surface area contributed by atoms with E-state index in [2.05, 4.69) is 20.1 Å². The molecule has 0 radical (unpaired) electrons. The van der Waals surface area contributed by atoms with Gasteiger partial charge in [-0.25, -0.2) is 8.42 Å². The highest BCUT2D eigenvalue weighted by Gasteiger charge is 2.29. The molecular weight excluding hydrogens is 354 g/mol. The molecule has 9 heteroatoms. The van der Waals surface area contributed by atoms with Gasteiger partial charge in [0.2, 0.25) is 15.9 Å². The van der Waals surface area contributed by atoms with E-state index >= 15 is 0 Å². The van der Waals surface area contributed by atoms with E-state index in [0.717, 1.165) is 5.69 Å². The van der Waals surface area contributed by atoms with Crippen LogP contribution in [0.2, 0.25) is 0 Å². The lowest BCUT2D eigenvalue weighted by molar-refractivity contribution is 0.385. The van der Waals surface area contributed by atoms with Crippen molar-refractivity contribution in [2.24, 2.45) is 0 Å². The summed E-state index contributed by atoms with van der Waals surface area (Å²) in [5.41, 5.74) is 1.60. The number of piperazine rings is 1. The van der Waals surface area contributed by atoms with Crippen LogP contribution in [0.25, 0.3) is 11.6 Å². The Morgan fingerprint density at radius 1 is 1.08 bits per heavy atom. The van der Waals surface area contributed by atoms with Gasteiger partial charge in [-0.05, 0) is 18.2 Å². The molecular formula is C17H19N5O3S. The summed E-state index contributed by atoms with van der Waals surface area (Å²) in [4.78, 5) is 5.30. The zero-order valence-electron chi connectivity index (χ0n) is 14.3. The molecule has 0 spiro atoms. The first kappa shape index (κ1) is 16.8. The molecule has 1 aromatic carbocycles. The molecule has 2 aromatic heterocycles. The summed E-state index contributed by atoms with van der Waals surface area (Å²) >= 11 is 0. The Morgan fingerprint density at radius 2 is 1.81 bits per heavy atom. The molecule has 3 heterocycles. The molecule has 136 valence electrons. The second kappa shape index (κ2) is 6.58. The third-order valence-electron chi connectivity index (χ3n) is 4.41. The fourth-order valence-electron chi connectivity index (χ4n) is 3.03. The van der Waals surface area contributed by atoms with Gasteiger partial charge >= 0.3 is 0 Å². The number of para-hydroxylation sites is 1. The maximum absolute atomic E-state index is 12.9. The summed E-state index contributed by atoms with van der Waals surface area (Å²) in [7, 11) is -3.56. The monoisotopic (exact) mass is 373 g/mol. The van der Waals surface area contributed by atoms with Crippen LogP contribution in [0.3, 0.4) is 0 Å². The Hall–Kier alpha value is -2.65. The van der Waals surface area contributed by atoms with Gasteiger partial charge in [-0.1, -0.05) is 18.2 Å². The third kappa shape index (κ3) is 3.11. The minimum atomic E-state index is -3.56. The van der Waals surface area contributed by atoms with Crippen molar-refractivity contribution >= 4 is 15.7 Å². The first-order valence-corrected chi connectivity index (χ1v) is 9.77. The summed E-state index contributed by atoms with van der Waals surface area (Å²) in [6, 6.07) is 11.5. The number of rotatable bonds is 4. The number of sulfonamides is 1. The second-order valence-corrected chi connectivity index (χ2v) is 8.04. The van der Waals surface area contributed by atoms with E-state index in [0.29, 0.717) is 37.8 Å². The molecule has 3 aromatic rings. The number of H-pyrrole nitrogens is 1. The van der Waals surface area contributed by atoms with Crippen molar-refractivity contribution in [2.75, 3.05) is 31.1 Å². The summed E-state index contributed by atoms with van der Waals surface area (Å²) in [5.74, 6) is 0.703. The second-order valence-electron chi connectivity index (χ2n) is 6.10. The van der Waals surface area contributed by atoms with Gasteiger partial charge < -0.3 is 14.3 Å². The van der Waals surface area contributed by atoms with Crippen LogP contribution >= 0.6 is 0 Å². The van der Waals surface area contributed by atoms with E-state index in [-0.39, 0.29) is 10.8 Å². The number of anilines is 1. The van der Waals surface area contributed by atoms with E-state index in [9.17, 15) is 8.42 Å². The Morgan fingerprint density at radius 3 is 2.46 bits per heavy atom. The number of nitrogens with zero attached hydrogens (tertiary/aromatic N) is 4. The zero-order valence-corrected chi connectivity index (χ0v) is 15.1. The molecule has 1 saturated heterocycles. The minimum absolute atomic E-state index is 0.205. The van der Waals surface area contributed by atoms with Gasteiger partial charge in [0.05, 0.1) is 0 Å². The Kier molecular flexibility index (Phi) is 4.25. The van der Waals surface area contributed by atoms with Crippen molar-refractivity contribution in [2.45, 2.75) is 11.8 Å². The van der Waals surface area contributed by atoms with Crippen molar-refractivity contribution < 1.29 is 12.8 Å². The van der Waals surface area contributed by atoms with Crippen molar-refractivity contribution in [1.29, 1.82) is 0 Å². The lowest BCUT2D eigenvalue weighted by Crippen LogP contribution is -2.48. The smallest absolute Gasteiger partial charge is 0.264 e. The summed E-state index contributed by atoms with van der Waals surface area (Å²) in [6.45, 7) is 3.88. The van der Waals surface area contributed by atoms with Gasteiger partial charge in [-0.15, -0.1) is 10.2 Å². The van der Waals surface area contributed by atoms with Gasteiger partial charge in [-0.2, -0.15) is 4.31 Å². The molecule has 0 unspecified atom stereocenters. The molecule has 1 fully saturated rings. The fourth-order valence-corrected chi connectivity index (χ4v) is 4.44. The molecule has 26 heavy (non-hydrogen) atoms. The van der Waals surface area contributed by atoms with Crippen molar-refractivity contribution in [3.05, 3.63) is 48.5 Å². The van der Waals surface area contributed by atoms with Crippen LogP contribution in [0.15, 0.2) is 51.9 Å². The third-order valence-corrected chi connectivity index (χ3v) is 6.29. The normalized spacial score (nSPS) is 16.1. The number of benzene rings is 1. The lowest BCUT2D eigenvalue weighted by Gasteiger charge is -2.35. The number of hydrogen-bond acceptors (Lipinski definition) is 6. The minimum Gasteiger partial charge on any atom is -0.420 e.